The topological polar surface area (TPSA) is 46.6 Å². The molecule has 0 N–H and O–H groups in total. The monoisotopic (exact) mass is 313 g/mol. The molecule has 5 heteroatoms. The highest BCUT2D eigenvalue weighted by Gasteiger charge is 2.33. The van der Waals surface area contributed by atoms with Crippen molar-refractivity contribution in [2.75, 3.05) is 18.6 Å². The number of rotatable bonds is 3. The number of carbonyl (C=O) groups excluding carboxylic acids is 2. The number of halogens is 1. The number of fused-ring (bicyclic) bond motifs is 1. The molecule has 118 valence electrons. The van der Waals surface area contributed by atoms with Gasteiger partial charge in [0.2, 0.25) is 0 Å². The zero-order chi connectivity index (χ0) is 16.4. The van der Waals surface area contributed by atoms with Crippen LogP contribution in [-0.2, 0) is 9.53 Å². The molecule has 1 unspecified atom stereocenters. The second-order valence-electron chi connectivity index (χ2n) is 5.46. The molecule has 0 radical (unpaired) electrons. The van der Waals surface area contributed by atoms with Gasteiger partial charge in [-0.3, -0.25) is 9.59 Å². The number of nitrogens with zero attached hydrogens (tertiary/aromatic N) is 1. The lowest BCUT2D eigenvalue weighted by Crippen LogP contribution is -2.30. The molecule has 0 spiro atoms. The van der Waals surface area contributed by atoms with Gasteiger partial charge in [0.1, 0.15) is 5.82 Å². The summed E-state index contributed by atoms with van der Waals surface area (Å²) in [4.78, 5) is 25.9. The first-order valence-electron chi connectivity index (χ1n) is 7.33. The summed E-state index contributed by atoms with van der Waals surface area (Å²) in [5.74, 6) is -0.985. The van der Waals surface area contributed by atoms with Crippen LogP contribution in [0.1, 0.15) is 28.3 Å². The average Bonchev–Trinajstić information content (AvgIpc) is 2.93. The van der Waals surface area contributed by atoms with Crippen molar-refractivity contribution in [1.82, 2.24) is 0 Å². The van der Waals surface area contributed by atoms with Crippen molar-refractivity contribution in [2.24, 2.45) is 0 Å². The number of methoxy groups -OCH3 is 1. The van der Waals surface area contributed by atoms with Gasteiger partial charge in [0, 0.05) is 23.7 Å². The van der Waals surface area contributed by atoms with Gasteiger partial charge in [-0.1, -0.05) is 18.2 Å². The van der Waals surface area contributed by atoms with Crippen LogP contribution in [0, 0.1) is 5.82 Å². The minimum Gasteiger partial charge on any atom is -0.469 e. The van der Waals surface area contributed by atoms with Crippen molar-refractivity contribution >= 4 is 17.6 Å². The van der Waals surface area contributed by atoms with Gasteiger partial charge in [-0.05, 0) is 35.9 Å². The molecule has 2 aromatic rings. The number of hydrogen-bond donors (Lipinski definition) is 0. The first-order valence-corrected chi connectivity index (χ1v) is 7.33. The highest BCUT2D eigenvalue weighted by Crippen LogP contribution is 2.38. The van der Waals surface area contributed by atoms with Crippen LogP contribution in [0.3, 0.4) is 0 Å². The summed E-state index contributed by atoms with van der Waals surface area (Å²) in [6, 6.07) is 13.0. The molecule has 0 aromatic heterocycles. The second-order valence-corrected chi connectivity index (χ2v) is 5.46. The number of hydrogen-bond acceptors (Lipinski definition) is 3. The number of carbonyl (C=O) groups is 2. The molecule has 1 atom stereocenters. The summed E-state index contributed by atoms with van der Waals surface area (Å²) in [5.41, 5.74) is 2.16. The fourth-order valence-corrected chi connectivity index (χ4v) is 2.90. The Balaban J connectivity index is 1.90. The normalized spacial score (nSPS) is 16.1. The fourth-order valence-electron chi connectivity index (χ4n) is 2.90. The molecule has 4 nitrogen and oxygen atoms in total. The van der Waals surface area contributed by atoms with E-state index in [0.29, 0.717) is 12.1 Å². The third-order valence-corrected chi connectivity index (χ3v) is 4.05. The first-order chi connectivity index (χ1) is 11.1. The van der Waals surface area contributed by atoms with Gasteiger partial charge < -0.3 is 9.64 Å². The maximum absolute atomic E-state index is 13.0. The molecule has 0 fully saturated rings. The number of anilines is 1. The minimum atomic E-state index is -0.382. The van der Waals surface area contributed by atoms with Crippen LogP contribution >= 0.6 is 0 Å². The van der Waals surface area contributed by atoms with E-state index >= 15 is 0 Å². The van der Waals surface area contributed by atoms with E-state index in [-0.39, 0.29) is 30.0 Å². The van der Waals surface area contributed by atoms with Gasteiger partial charge in [-0.15, -0.1) is 0 Å². The molecule has 23 heavy (non-hydrogen) atoms. The SMILES string of the molecule is COC(=O)CC1CN(C(=O)c2ccc(F)cc2)c2ccccc21. The van der Waals surface area contributed by atoms with Crippen molar-refractivity contribution in [1.29, 1.82) is 0 Å². The number of amides is 1. The standard InChI is InChI=1S/C18H16FNO3/c1-23-17(21)10-13-11-20(16-5-3-2-4-15(13)16)18(22)12-6-8-14(19)9-7-12/h2-9,13H,10-11H2,1H3. The van der Waals surface area contributed by atoms with Crippen LogP contribution in [0.25, 0.3) is 0 Å². The van der Waals surface area contributed by atoms with E-state index in [9.17, 15) is 14.0 Å². The molecule has 0 aliphatic carbocycles. The summed E-state index contributed by atoms with van der Waals surface area (Å²) >= 11 is 0. The molecule has 1 heterocycles. The summed E-state index contributed by atoms with van der Waals surface area (Å²) in [5, 5.41) is 0. The third kappa shape index (κ3) is 2.95. The van der Waals surface area contributed by atoms with E-state index in [1.165, 1.54) is 31.4 Å². The van der Waals surface area contributed by atoms with Crippen LogP contribution in [0.2, 0.25) is 0 Å². The molecule has 0 saturated carbocycles. The second kappa shape index (κ2) is 6.20. The summed E-state index contributed by atoms with van der Waals surface area (Å²) < 4.78 is 17.8. The zero-order valence-corrected chi connectivity index (χ0v) is 12.7. The largest absolute Gasteiger partial charge is 0.469 e. The number of para-hydroxylation sites is 1. The van der Waals surface area contributed by atoms with Crippen molar-refractivity contribution < 1.29 is 18.7 Å². The predicted octanol–water partition coefficient (Wildman–Crippen LogP) is 3.13. The molecule has 1 amide bonds. The summed E-state index contributed by atoms with van der Waals surface area (Å²) in [6.07, 6.45) is 0.223. The molecule has 3 rings (SSSR count). The van der Waals surface area contributed by atoms with Crippen LogP contribution in [0.5, 0.6) is 0 Å². The smallest absolute Gasteiger partial charge is 0.306 e. The van der Waals surface area contributed by atoms with Gasteiger partial charge in [-0.25, -0.2) is 4.39 Å². The van der Waals surface area contributed by atoms with Crippen molar-refractivity contribution in [3.05, 3.63) is 65.5 Å². The molecule has 0 saturated heterocycles. The summed E-state index contributed by atoms with van der Waals surface area (Å²) in [6.45, 7) is 0.407. The zero-order valence-electron chi connectivity index (χ0n) is 12.7. The van der Waals surface area contributed by atoms with E-state index in [1.807, 2.05) is 24.3 Å². The maximum atomic E-state index is 13.0. The number of ether oxygens (including phenoxy) is 1. The molecule has 2 aromatic carbocycles. The lowest BCUT2D eigenvalue weighted by molar-refractivity contribution is -0.141. The molecule has 0 bridgehead atoms. The van der Waals surface area contributed by atoms with Crippen LogP contribution in [0.15, 0.2) is 48.5 Å². The highest BCUT2D eigenvalue weighted by molar-refractivity contribution is 6.07. The van der Waals surface area contributed by atoms with E-state index in [0.717, 1.165) is 11.3 Å². The Morgan fingerprint density at radius 3 is 2.57 bits per heavy atom. The van der Waals surface area contributed by atoms with Crippen LogP contribution < -0.4 is 4.90 Å². The van der Waals surface area contributed by atoms with Gasteiger partial charge in [-0.2, -0.15) is 0 Å². The molecular weight excluding hydrogens is 297 g/mol. The van der Waals surface area contributed by atoms with Crippen molar-refractivity contribution in [3.8, 4) is 0 Å². The fraction of sp³-hybridized carbons (Fsp3) is 0.222. The van der Waals surface area contributed by atoms with Gasteiger partial charge in [0.25, 0.3) is 5.91 Å². The lowest BCUT2D eigenvalue weighted by Gasteiger charge is -2.18. The molecule has 1 aliphatic rings. The Morgan fingerprint density at radius 2 is 1.87 bits per heavy atom. The maximum Gasteiger partial charge on any atom is 0.306 e. The Hall–Kier alpha value is -2.69. The first kappa shape index (κ1) is 15.2. The Labute approximate surface area is 133 Å². The minimum absolute atomic E-state index is 0.0944. The Kier molecular flexibility index (Phi) is 4.10. The lowest BCUT2D eigenvalue weighted by atomic mass is 9.98. The Bertz CT molecular complexity index is 742. The number of benzene rings is 2. The predicted molar refractivity (Wildman–Crippen MR) is 83.9 cm³/mol. The average molecular weight is 313 g/mol. The van der Waals surface area contributed by atoms with E-state index in [4.69, 9.17) is 4.74 Å². The third-order valence-electron chi connectivity index (χ3n) is 4.05. The van der Waals surface area contributed by atoms with Gasteiger partial charge in [0.15, 0.2) is 0 Å². The van der Waals surface area contributed by atoms with Gasteiger partial charge >= 0.3 is 5.97 Å². The van der Waals surface area contributed by atoms with E-state index in [1.54, 1.807) is 4.90 Å². The van der Waals surface area contributed by atoms with Crippen molar-refractivity contribution in [3.63, 3.8) is 0 Å². The van der Waals surface area contributed by atoms with Crippen molar-refractivity contribution in [2.45, 2.75) is 12.3 Å². The van der Waals surface area contributed by atoms with Gasteiger partial charge in [0.05, 0.1) is 13.5 Å². The quantitative estimate of drug-likeness (QED) is 0.818. The molecular formula is C18H16FNO3. The van der Waals surface area contributed by atoms with Crippen LogP contribution in [-0.4, -0.2) is 25.5 Å². The highest BCUT2D eigenvalue weighted by atomic mass is 19.1. The van der Waals surface area contributed by atoms with Crippen LogP contribution in [0.4, 0.5) is 10.1 Å². The van der Waals surface area contributed by atoms with E-state index < -0.39 is 0 Å². The number of esters is 1. The summed E-state index contributed by atoms with van der Waals surface area (Å²) in [7, 11) is 1.35. The Morgan fingerprint density at radius 1 is 1.17 bits per heavy atom. The molecule has 1 aliphatic heterocycles. The van der Waals surface area contributed by atoms with E-state index in [2.05, 4.69) is 0 Å².